The standard InChI is InChI=1S/C19H18FN3O4.C2H6/c1-10-2-3-13(12(20)6-10)22-17-11-7-21-5-4-16(11)27-18(17)19(26)23-8-14(24)15(25)9-23;1-2/h2-7,14-15,22,24-25H,8-9H2,1H3;1-2H3. The van der Waals surface area contributed by atoms with E-state index in [0.29, 0.717) is 16.7 Å². The van der Waals surface area contributed by atoms with Gasteiger partial charge in [-0.25, -0.2) is 4.39 Å². The van der Waals surface area contributed by atoms with Crippen molar-refractivity contribution in [2.24, 2.45) is 0 Å². The van der Waals surface area contributed by atoms with Gasteiger partial charge in [0, 0.05) is 25.5 Å². The van der Waals surface area contributed by atoms with Crippen molar-refractivity contribution in [2.45, 2.75) is 33.0 Å². The van der Waals surface area contributed by atoms with Crippen molar-refractivity contribution >= 4 is 28.3 Å². The number of nitrogens with one attached hydrogen (secondary N) is 1. The number of benzene rings is 1. The summed E-state index contributed by atoms with van der Waals surface area (Å²) >= 11 is 0. The summed E-state index contributed by atoms with van der Waals surface area (Å²) in [5, 5.41) is 22.9. The molecule has 29 heavy (non-hydrogen) atoms. The monoisotopic (exact) mass is 401 g/mol. The predicted molar refractivity (Wildman–Crippen MR) is 108 cm³/mol. The lowest BCUT2D eigenvalue weighted by Gasteiger charge is -2.15. The Labute approximate surface area is 167 Å². The molecule has 0 radical (unpaired) electrons. The highest BCUT2D eigenvalue weighted by molar-refractivity contribution is 6.07. The summed E-state index contributed by atoms with van der Waals surface area (Å²) in [7, 11) is 0. The third-order valence-corrected chi connectivity index (χ3v) is 4.61. The van der Waals surface area contributed by atoms with E-state index >= 15 is 0 Å². The number of likely N-dealkylation sites (tertiary alicyclic amines) is 1. The molecule has 3 heterocycles. The lowest BCUT2D eigenvalue weighted by Crippen LogP contribution is -2.30. The maximum atomic E-state index is 14.3. The second-order valence-electron chi connectivity index (χ2n) is 6.63. The Morgan fingerprint density at radius 3 is 2.59 bits per heavy atom. The van der Waals surface area contributed by atoms with Gasteiger partial charge in [-0.1, -0.05) is 19.9 Å². The number of hydrogen-bond donors (Lipinski definition) is 3. The molecule has 0 saturated carbocycles. The first-order valence-corrected chi connectivity index (χ1v) is 9.49. The molecule has 3 N–H and O–H groups in total. The molecule has 1 amide bonds. The number of furan rings is 1. The van der Waals surface area contributed by atoms with Gasteiger partial charge < -0.3 is 24.8 Å². The number of aryl methyl sites for hydroxylation is 1. The Hall–Kier alpha value is -2.97. The minimum Gasteiger partial charge on any atom is -0.448 e. The number of anilines is 2. The number of carbonyl (C=O) groups is 1. The number of aliphatic hydroxyl groups is 2. The summed E-state index contributed by atoms with van der Waals surface area (Å²) in [4.78, 5) is 18.3. The van der Waals surface area contributed by atoms with Crippen molar-refractivity contribution in [3.8, 4) is 0 Å². The van der Waals surface area contributed by atoms with Gasteiger partial charge in [0.1, 0.15) is 17.1 Å². The van der Waals surface area contributed by atoms with Crippen molar-refractivity contribution in [3.05, 3.63) is 53.8 Å². The van der Waals surface area contributed by atoms with Crippen LogP contribution in [0.3, 0.4) is 0 Å². The molecule has 4 rings (SSSR count). The molecule has 1 saturated heterocycles. The number of hydrogen-bond acceptors (Lipinski definition) is 6. The lowest BCUT2D eigenvalue weighted by molar-refractivity contribution is 0.0572. The molecule has 1 aromatic carbocycles. The van der Waals surface area contributed by atoms with E-state index in [1.54, 1.807) is 25.1 Å². The zero-order valence-corrected chi connectivity index (χ0v) is 16.5. The Kier molecular flexibility index (Phi) is 6.14. The summed E-state index contributed by atoms with van der Waals surface area (Å²) < 4.78 is 20.0. The highest BCUT2D eigenvalue weighted by Crippen LogP contribution is 2.35. The molecule has 0 spiro atoms. The third-order valence-electron chi connectivity index (χ3n) is 4.61. The van der Waals surface area contributed by atoms with Crippen LogP contribution in [0.25, 0.3) is 11.0 Å². The zero-order valence-electron chi connectivity index (χ0n) is 16.5. The van der Waals surface area contributed by atoms with Crippen LogP contribution in [0, 0.1) is 12.7 Å². The van der Waals surface area contributed by atoms with Crippen LogP contribution in [0.15, 0.2) is 41.1 Å². The number of nitrogens with zero attached hydrogens (tertiary/aromatic N) is 2. The molecule has 0 bridgehead atoms. The fourth-order valence-electron chi connectivity index (χ4n) is 3.15. The van der Waals surface area contributed by atoms with E-state index in [2.05, 4.69) is 10.3 Å². The molecule has 0 aliphatic carbocycles. The molecule has 2 unspecified atom stereocenters. The summed E-state index contributed by atoms with van der Waals surface area (Å²) in [6.07, 6.45) is 1.04. The zero-order chi connectivity index (χ0) is 21.1. The summed E-state index contributed by atoms with van der Waals surface area (Å²) in [6.45, 7) is 5.77. The van der Waals surface area contributed by atoms with Crippen LogP contribution < -0.4 is 5.32 Å². The largest absolute Gasteiger partial charge is 0.448 e. The topological polar surface area (TPSA) is 98.8 Å². The highest BCUT2D eigenvalue weighted by Gasteiger charge is 2.35. The van der Waals surface area contributed by atoms with E-state index in [9.17, 15) is 19.4 Å². The van der Waals surface area contributed by atoms with Crippen LogP contribution in [-0.4, -0.2) is 51.3 Å². The van der Waals surface area contributed by atoms with Crippen LogP contribution in [0.4, 0.5) is 15.8 Å². The summed E-state index contributed by atoms with van der Waals surface area (Å²) in [6, 6.07) is 6.33. The molecule has 3 aromatic rings. The Morgan fingerprint density at radius 2 is 1.93 bits per heavy atom. The molecule has 2 atom stereocenters. The number of aromatic nitrogens is 1. The van der Waals surface area contributed by atoms with Gasteiger partial charge in [0.15, 0.2) is 0 Å². The molecule has 7 nitrogen and oxygen atoms in total. The first-order valence-electron chi connectivity index (χ1n) is 9.49. The van der Waals surface area contributed by atoms with Gasteiger partial charge in [0.2, 0.25) is 5.76 Å². The van der Waals surface area contributed by atoms with Crippen molar-refractivity contribution in [2.75, 3.05) is 18.4 Å². The van der Waals surface area contributed by atoms with Crippen LogP contribution in [0.5, 0.6) is 0 Å². The lowest BCUT2D eigenvalue weighted by atomic mass is 10.2. The first-order chi connectivity index (χ1) is 13.9. The third kappa shape index (κ3) is 4.08. The molecule has 2 aromatic heterocycles. The number of rotatable bonds is 3. The summed E-state index contributed by atoms with van der Waals surface area (Å²) in [5.41, 5.74) is 1.68. The van der Waals surface area contributed by atoms with Crippen LogP contribution >= 0.6 is 0 Å². The van der Waals surface area contributed by atoms with Crippen molar-refractivity contribution in [1.82, 2.24) is 9.88 Å². The molecular formula is C21H24FN3O4. The van der Waals surface area contributed by atoms with E-state index < -0.39 is 23.9 Å². The molecular weight excluding hydrogens is 377 g/mol. The van der Waals surface area contributed by atoms with Gasteiger partial charge in [0.25, 0.3) is 5.91 Å². The average Bonchev–Trinajstić information content (AvgIpc) is 3.25. The van der Waals surface area contributed by atoms with Crippen LogP contribution in [0.2, 0.25) is 0 Å². The van der Waals surface area contributed by atoms with Gasteiger partial charge in [-0.3, -0.25) is 9.78 Å². The number of amides is 1. The first kappa shape index (κ1) is 20.8. The summed E-state index contributed by atoms with van der Waals surface area (Å²) in [5.74, 6) is -0.991. The molecule has 8 heteroatoms. The fourth-order valence-corrected chi connectivity index (χ4v) is 3.15. The number of fused-ring (bicyclic) bond motifs is 1. The van der Waals surface area contributed by atoms with Crippen molar-refractivity contribution in [3.63, 3.8) is 0 Å². The number of carbonyl (C=O) groups excluding carboxylic acids is 1. The van der Waals surface area contributed by atoms with E-state index in [4.69, 9.17) is 4.42 Å². The Balaban J connectivity index is 0.00000117. The van der Waals surface area contributed by atoms with Gasteiger partial charge in [-0.2, -0.15) is 0 Å². The van der Waals surface area contributed by atoms with Crippen LogP contribution in [0.1, 0.15) is 30.0 Å². The fraction of sp³-hybridized carbons (Fsp3) is 0.333. The SMILES string of the molecule is CC.Cc1ccc(Nc2c(C(=O)N3CC(O)C(O)C3)oc3ccncc23)c(F)c1. The van der Waals surface area contributed by atoms with Crippen molar-refractivity contribution < 1.29 is 23.8 Å². The normalized spacial score (nSPS) is 18.5. The number of pyridine rings is 1. The van der Waals surface area contributed by atoms with Gasteiger partial charge >= 0.3 is 0 Å². The minimum absolute atomic E-state index is 0.00632. The molecule has 154 valence electrons. The van der Waals surface area contributed by atoms with E-state index in [1.807, 2.05) is 13.8 Å². The molecule has 1 fully saturated rings. The van der Waals surface area contributed by atoms with Crippen molar-refractivity contribution in [1.29, 1.82) is 0 Å². The number of halogens is 1. The van der Waals surface area contributed by atoms with Gasteiger partial charge in [0.05, 0.1) is 23.3 Å². The maximum Gasteiger partial charge on any atom is 0.292 e. The number of aliphatic hydroxyl groups excluding tert-OH is 2. The van der Waals surface area contributed by atoms with Gasteiger partial charge in [-0.05, 0) is 30.7 Å². The average molecular weight is 401 g/mol. The van der Waals surface area contributed by atoms with E-state index in [0.717, 1.165) is 5.56 Å². The highest BCUT2D eigenvalue weighted by atomic mass is 19.1. The maximum absolute atomic E-state index is 14.3. The van der Waals surface area contributed by atoms with E-state index in [-0.39, 0.29) is 24.5 Å². The molecule has 1 aliphatic rings. The van der Waals surface area contributed by atoms with E-state index in [1.165, 1.54) is 23.4 Å². The Morgan fingerprint density at radius 1 is 1.24 bits per heavy atom. The number of β-amino-alcohol motifs (C(OH)–C–C–N with tert-alkyl or cyclic N) is 2. The Bertz CT molecular complexity index is 1010. The quantitative estimate of drug-likeness (QED) is 0.623. The van der Waals surface area contributed by atoms with Gasteiger partial charge in [-0.15, -0.1) is 0 Å². The second-order valence-corrected chi connectivity index (χ2v) is 6.63. The minimum atomic E-state index is -1.01. The van der Waals surface area contributed by atoms with Crippen LogP contribution in [-0.2, 0) is 0 Å². The second kappa shape index (κ2) is 8.59. The molecule has 1 aliphatic heterocycles. The predicted octanol–water partition coefficient (Wildman–Crippen LogP) is 3.22. The smallest absolute Gasteiger partial charge is 0.292 e.